The largest absolute Gasteiger partial charge is 0.494 e. The van der Waals surface area contributed by atoms with Gasteiger partial charge in [0.15, 0.2) is 0 Å². The molecule has 0 saturated carbocycles. The van der Waals surface area contributed by atoms with E-state index in [0.29, 0.717) is 140 Å². The number of imidazole rings is 4. The van der Waals surface area contributed by atoms with Gasteiger partial charge in [0, 0.05) is 145 Å². The Labute approximate surface area is 656 Å². The van der Waals surface area contributed by atoms with Gasteiger partial charge in [0.05, 0.1) is 63.9 Å². The molecule has 6 aliphatic heterocycles. The van der Waals surface area contributed by atoms with E-state index in [2.05, 4.69) is 96.1 Å². The number of carbonyl (C=O) groups is 7. The molecule has 590 valence electrons. The molecule has 6 aromatic carbocycles. The molecular weight excluding hydrogens is 1430 g/mol. The van der Waals surface area contributed by atoms with Crippen molar-refractivity contribution in [3.63, 3.8) is 0 Å². The first-order chi connectivity index (χ1) is 55.0. The van der Waals surface area contributed by atoms with Gasteiger partial charge in [0.25, 0.3) is 0 Å². The molecule has 10 aromatic rings. The second-order valence-corrected chi connectivity index (χ2v) is 31.3. The van der Waals surface area contributed by atoms with Gasteiger partial charge in [-0.05, 0) is 188 Å². The zero-order valence-electron chi connectivity index (χ0n) is 64.8. The first-order valence-corrected chi connectivity index (χ1v) is 40.3. The minimum absolute atomic E-state index is 0.0492. The molecule has 6 saturated heterocycles. The number of likely N-dealkylation sites (tertiary alicyclic amines) is 4. The van der Waals surface area contributed by atoms with Crippen molar-refractivity contribution < 1.29 is 43.0 Å². The first-order valence-electron chi connectivity index (χ1n) is 40.3. The monoisotopic (exact) mass is 1530 g/mol. The number of aromatic amines is 4. The number of hydrogen-bond donors (Lipinski definition) is 5. The number of hydrogen-bond acceptors (Lipinski definition) is 17. The number of nitrogens with zero attached hydrogens (tertiary/aromatic N) is 14. The summed E-state index contributed by atoms with van der Waals surface area (Å²) in [7, 11) is 6.07. The molecule has 4 aromatic heterocycles. The van der Waals surface area contributed by atoms with E-state index in [1.165, 1.54) is 16.3 Å². The van der Waals surface area contributed by atoms with Gasteiger partial charge in [-0.25, -0.2) is 19.9 Å². The highest BCUT2D eigenvalue weighted by Gasteiger charge is 2.48. The molecule has 6 aliphatic rings. The molecule has 6 N–H and O–H groups in total. The van der Waals surface area contributed by atoms with E-state index in [0.717, 1.165) is 130 Å². The number of fused-ring (bicyclic) bond motifs is 4. The van der Waals surface area contributed by atoms with Gasteiger partial charge < -0.3 is 84.1 Å². The van der Waals surface area contributed by atoms with Crippen LogP contribution in [-0.2, 0) is 33.6 Å². The summed E-state index contributed by atoms with van der Waals surface area (Å²) in [6.07, 6.45) is 6.49. The van der Waals surface area contributed by atoms with Crippen LogP contribution in [0.2, 0.25) is 0 Å². The number of anilines is 2. The lowest BCUT2D eigenvalue weighted by molar-refractivity contribution is -0.153. The molecule has 28 nitrogen and oxygen atoms in total. The first kappa shape index (κ1) is 75.6. The van der Waals surface area contributed by atoms with Gasteiger partial charge in [0.2, 0.25) is 41.4 Å². The van der Waals surface area contributed by atoms with Gasteiger partial charge in [-0.1, -0.05) is 24.3 Å². The topological polar surface area (TPSA) is 311 Å². The van der Waals surface area contributed by atoms with Crippen molar-refractivity contribution in [1.29, 1.82) is 0 Å². The normalized spacial score (nSPS) is 19.1. The third-order valence-corrected chi connectivity index (χ3v) is 23.6. The van der Waals surface area contributed by atoms with Crippen molar-refractivity contribution in [3.8, 4) is 57.1 Å². The smallest absolute Gasteiger partial charge is 0.246 e. The summed E-state index contributed by atoms with van der Waals surface area (Å²) in [4.78, 5) is 151. The third kappa shape index (κ3) is 16.8. The number of benzene rings is 6. The van der Waals surface area contributed by atoms with Crippen molar-refractivity contribution in [1.82, 2.24) is 79.1 Å². The van der Waals surface area contributed by atoms with E-state index in [4.69, 9.17) is 35.1 Å². The Hall–Kier alpha value is -11.4. The van der Waals surface area contributed by atoms with Crippen LogP contribution in [0, 0.1) is 0 Å². The summed E-state index contributed by atoms with van der Waals surface area (Å²) in [6.45, 7) is 10.4. The summed E-state index contributed by atoms with van der Waals surface area (Å²) in [5, 5.41) is 0. The average Bonchev–Trinajstić information content (AvgIpc) is 1.63. The van der Waals surface area contributed by atoms with E-state index < -0.39 is 30.1 Å². The van der Waals surface area contributed by atoms with Gasteiger partial charge in [-0.15, -0.1) is 0 Å². The number of primary amides is 1. The van der Waals surface area contributed by atoms with Crippen LogP contribution in [0.4, 0.5) is 11.4 Å². The van der Waals surface area contributed by atoms with Crippen LogP contribution in [0.15, 0.2) is 121 Å². The molecule has 0 unspecified atom stereocenters. The SMILES string of the molecule is CN1CCN(c2ccc3[nH]c(-c4ccc5[nH]c(-c6cccc(OCCCC(=O)N(C)CCCCN(CC(N)=O)C(=O)[C@@H]7CCCN7C(=O)[C@@H]7CCCN7C(=O)[C@@H]7CCCN7C(=O)[C@@H]7CCCN7C(=O)CCCOc7cccc(-c8nc9ccc(-c%10nc%11ccc(N%12CCN(C)CC%12)cc%11[nH]%10)cc9[nH]8)c7)c6)nc5c4)nc3c2)CC1. The van der Waals surface area contributed by atoms with E-state index in [9.17, 15) is 33.6 Å². The van der Waals surface area contributed by atoms with Crippen molar-refractivity contribution in [3.05, 3.63) is 121 Å². The molecular formula is C85H101N19O9. The second-order valence-electron chi connectivity index (χ2n) is 31.3. The number of carbonyl (C=O) groups excluding carboxylic acids is 7. The number of unbranched alkanes of at least 4 members (excludes halogenated alkanes) is 1. The number of ether oxygens (including phenoxy) is 2. The van der Waals surface area contributed by atoms with Gasteiger partial charge in [-0.2, -0.15) is 0 Å². The van der Waals surface area contributed by atoms with Crippen molar-refractivity contribution in [2.24, 2.45) is 5.73 Å². The standard InChI is InChI=1S/C85H101N19O9/c1-95-38-42-98(43-39-95)59-26-30-65-69(52-59)93-80(89-65)57-24-28-63-67(50-57)91-78(87-63)55-14-6-16-61(48-55)112-46-12-22-76(106)97(3)32-4-5-33-100(54-75(86)105)82(108)71-18-9-35-102(71)84(110)73-20-11-37-104(73)85(111)74-21-10-36-103(74)83(109)72-19-8-34-101(72)77(107)23-13-47-113-62-17-7-15-56(49-62)79-88-64-29-25-58(51-68(64)92-79)81-90-66-31-27-60(53-70(66)94-81)99-44-40-96(2)41-45-99/h6-7,14-17,24-31,48-53,71-74H,4-5,8-13,18-23,32-47,54H2,1-3H3,(H2,86,105)(H,87,91)(H,88,92)(H,89,93)(H,90,94)/t71-,72-,73-,74-/m0/s1. The summed E-state index contributed by atoms with van der Waals surface area (Å²) >= 11 is 0. The molecule has 16 rings (SSSR count). The Kier molecular flexibility index (Phi) is 22.4. The minimum atomic E-state index is -0.847. The molecule has 113 heavy (non-hydrogen) atoms. The number of nitrogens with one attached hydrogen (secondary N) is 4. The van der Waals surface area contributed by atoms with E-state index in [-0.39, 0.29) is 68.0 Å². The van der Waals surface area contributed by atoms with Gasteiger partial charge in [-0.3, -0.25) is 33.6 Å². The van der Waals surface area contributed by atoms with Crippen LogP contribution >= 0.6 is 0 Å². The number of amides is 7. The van der Waals surface area contributed by atoms with E-state index in [1.54, 1.807) is 31.5 Å². The third-order valence-electron chi connectivity index (χ3n) is 23.6. The van der Waals surface area contributed by atoms with Crippen molar-refractivity contribution in [2.45, 2.75) is 114 Å². The van der Waals surface area contributed by atoms with Gasteiger partial charge >= 0.3 is 0 Å². The van der Waals surface area contributed by atoms with Crippen molar-refractivity contribution in [2.75, 3.05) is 142 Å². The van der Waals surface area contributed by atoms with E-state index in [1.807, 2.05) is 78.9 Å². The Bertz CT molecular complexity index is 5170. The predicted octanol–water partition coefficient (Wildman–Crippen LogP) is 8.90. The summed E-state index contributed by atoms with van der Waals surface area (Å²) in [5.74, 6) is 2.13. The summed E-state index contributed by atoms with van der Waals surface area (Å²) in [5.41, 5.74) is 18.9. The lowest BCUT2D eigenvalue weighted by atomic mass is 10.1. The fourth-order valence-corrected chi connectivity index (χ4v) is 17.2. The average molecular weight is 1530 g/mol. The van der Waals surface area contributed by atoms with Crippen LogP contribution < -0.4 is 25.0 Å². The summed E-state index contributed by atoms with van der Waals surface area (Å²) < 4.78 is 12.4. The maximum Gasteiger partial charge on any atom is 0.246 e. The predicted molar refractivity (Wildman–Crippen MR) is 434 cm³/mol. The Morgan fingerprint density at radius 2 is 0.867 bits per heavy atom. The molecule has 0 bridgehead atoms. The molecule has 7 amide bonds. The lowest BCUT2D eigenvalue weighted by Crippen LogP contribution is -2.57. The van der Waals surface area contributed by atoms with E-state index >= 15 is 0 Å². The maximum absolute atomic E-state index is 14.7. The molecule has 0 spiro atoms. The molecule has 0 aliphatic carbocycles. The highest BCUT2D eigenvalue weighted by molar-refractivity contribution is 5.98. The quantitative estimate of drug-likeness (QED) is 0.0300. The fourth-order valence-electron chi connectivity index (χ4n) is 17.2. The molecule has 10 heterocycles. The Balaban J connectivity index is 0.462. The second kappa shape index (κ2) is 33.5. The van der Waals surface area contributed by atoms with Crippen LogP contribution in [-0.4, -0.2) is 277 Å². The molecule has 0 radical (unpaired) electrons. The number of aromatic nitrogens is 8. The Morgan fingerprint density at radius 3 is 1.44 bits per heavy atom. The minimum Gasteiger partial charge on any atom is -0.494 e. The number of likely N-dealkylation sites (N-methyl/N-ethyl adjacent to an activating group) is 2. The number of nitrogens with two attached hydrogens (primary N) is 1. The zero-order chi connectivity index (χ0) is 77.8. The van der Waals surface area contributed by atoms with Crippen LogP contribution in [0.1, 0.15) is 89.9 Å². The number of piperazine rings is 2. The number of H-pyrrole nitrogens is 4. The molecule has 6 fully saturated rings. The highest BCUT2D eigenvalue weighted by atomic mass is 16.5. The van der Waals surface area contributed by atoms with Crippen LogP contribution in [0.25, 0.3) is 89.7 Å². The Morgan fingerprint density at radius 1 is 0.434 bits per heavy atom. The maximum atomic E-state index is 14.7. The lowest BCUT2D eigenvalue weighted by Gasteiger charge is -2.36. The highest BCUT2D eigenvalue weighted by Crippen LogP contribution is 2.36. The van der Waals surface area contributed by atoms with Gasteiger partial charge in [0.1, 0.15) is 59.0 Å². The molecule has 28 heteroatoms. The van der Waals surface area contributed by atoms with Crippen LogP contribution in [0.5, 0.6) is 11.5 Å². The zero-order valence-corrected chi connectivity index (χ0v) is 64.8. The molecule has 4 atom stereocenters. The van der Waals surface area contributed by atoms with Crippen LogP contribution in [0.3, 0.4) is 0 Å². The summed E-state index contributed by atoms with van der Waals surface area (Å²) in [6, 6.07) is 37.3. The van der Waals surface area contributed by atoms with Crippen molar-refractivity contribution >= 4 is 96.9 Å². The number of rotatable bonds is 27. The fraction of sp³-hybridized carbons (Fsp3) is 0.447.